The van der Waals surface area contributed by atoms with Crippen LogP contribution in [-0.4, -0.2) is 30.9 Å². The number of fused-ring (bicyclic) bond motifs is 1. The van der Waals surface area contributed by atoms with Gasteiger partial charge in [-0.25, -0.2) is 8.42 Å². The highest BCUT2D eigenvalue weighted by Gasteiger charge is 2.40. The molecule has 2 aromatic rings. The SMILES string of the molecule is C=C.O=C1CN(C(CCCl)c2ccccc2)S(=O)(=O)c2ccccc21. The molecular weight excluding hydrogens is 358 g/mol. The molecule has 25 heavy (non-hydrogen) atoms. The molecule has 132 valence electrons. The van der Waals surface area contributed by atoms with Crippen molar-refractivity contribution in [3.05, 3.63) is 78.9 Å². The zero-order valence-electron chi connectivity index (χ0n) is 13.8. The molecule has 1 aliphatic rings. The van der Waals surface area contributed by atoms with E-state index >= 15 is 0 Å². The number of sulfonamides is 1. The number of rotatable bonds is 4. The second-order valence-electron chi connectivity index (χ2n) is 5.37. The lowest BCUT2D eigenvalue weighted by Gasteiger charge is -2.34. The zero-order chi connectivity index (χ0) is 18.4. The van der Waals surface area contributed by atoms with Crippen molar-refractivity contribution in [1.29, 1.82) is 0 Å². The van der Waals surface area contributed by atoms with Crippen molar-refractivity contribution in [2.24, 2.45) is 0 Å². The van der Waals surface area contributed by atoms with Crippen LogP contribution in [0.5, 0.6) is 0 Å². The Morgan fingerprint density at radius 3 is 2.28 bits per heavy atom. The van der Waals surface area contributed by atoms with E-state index in [-0.39, 0.29) is 22.8 Å². The molecule has 1 atom stereocenters. The number of alkyl halides is 1. The summed E-state index contributed by atoms with van der Waals surface area (Å²) in [5.74, 6) is 0.118. The molecule has 4 nitrogen and oxygen atoms in total. The monoisotopic (exact) mass is 377 g/mol. The molecule has 0 N–H and O–H groups in total. The first-order chi connectivity index (χ1) is 12.1. The van der Waals surface area contributed by atoms with Crippen LogP contribution in [0.1, 0.15) is 28.4 Å². The Morgan fingerprint density at radius 1 is 1.04 bits per heavy atom. The van der Waals surface area contributed by atoms with Crippen LogP contribution in [0.4, 0.5) is 0 Å². The fourth-order valence-corrected chi connectivity index (χ4v) is 4.91. The van der Waals surface area contributed by atoms with Crippen molar-refractivity contribution in [2.45, 2.75) is 17.4 Å². The van der Waals surface area contributed by atoms with Gasteiger partial charge in [-0.15, -0.1) is 24.8 Å². The predicted octanol–water partition coefficient (Wildman–Crippen LogP) is 4.05. The van der Waals surface area contributed by atoms with Crippen LogP contribution in [0.2, 0.25) is 0 Å². The molecule has 1 aliphatic heterocycles. The van der Waals surface area contributed by atoms with Crippen LogP contribution in [0.15, 0.2) is 72.7 Å². The third-order valence-corrected chi connectivity index (χ3v) is 6.12. The van der Waals surface area contributed by atoms with Crippen molar-refractivity contribution >= 4 is 27.4 Å². The van der Waals surface area contributed by atoms with E-state index in [2.05, 4.69) is 13.2 Å². The van der Waals surface area contributed by atoms with Gasteiger partial charge >= 0.3 is 0 Å². The van der Waals surface area contributed by atoms with E-state index in [1.807, 2.05) is 30.3 Å². The molecule has 2 aromatic carbocycles. The van der Waals surface area contributed by atoms with Gasteiger partial charge in [0.15, 0.2) is 5.78 Å². The number of nitrogens with zero attached hydrogens (tertiary/aromatic N) is 1. The Kier molecular flexibility index (Phi) is 6.53. The normalized spacial score (nSPS) is 17.1. The van der Waals surface area contributed by atoms with Crippen molar-refractivity contribution in [3.8, 4) is 0 Å². The van der Waals surface area contributed by atoms with Crippen LogP contribution in [0.3, 0.4) is 0 Å². The topological polar surface area (TPSA) is 54.5 Å². The summed E-state index contributed by atoms with van der Waals surface area (Å²) in [7, 11) is -3.73. The zero-order valence-corrected chi connectivity index (χ0v) is 15.3. The number of benzene rings is 2. The number of Topliss-reactive ketones (excluding diaryl/α,β-unsaturated/α-hetero) is 1. The lowest BCUT2D eigenvalue weighted by Crippen LogP contribution is -2.43. The maximum Gasteiger partial charge on any atom is 0.244 e. The van der Waals surface area contributed by atoms with Gasteiger partial charge < -0.3 is 0 Å². The van der Waals surface area contributed by atoms with Gasteiger partial charge in [-0.3, -0.25) is 4.79 Å². The number of halogens is 1. The van der Waals surface area contributed by atoms with E-state index < -0.39 is 16.1 Å². The second kappa shape index (κ2) is 8.43. The summed E-state index contributed by atoms with van der Waals surface area (Å²) in [6.07, 6.45) is 0.445. The summed E-state index contributed by atoms with van der Waals surface area (Å²) in [5.41, 5.74) is 1.10. The maximum absolute atomic E-state index is 13.0. The largest absolute Gasteiger partial charge is 0.293 e. The molecule has 1 unspecified atom stereocenters. The Morgan fingerprint density at radius 2 is 1.64 bits per heavy atom. The number of hydrogen-bond donors (Lipinski definition) is 0. The summed E-state index contributed by atoms with van der Waals surface area (Å²) in [5, 5.41) is 0. The van der Waals surface area contributed by atoms with Gasteiger partial charge in [-0.1, -0.05) is 42.5 Å². The van der Waals surface area contributed by atoms with Crippen LogP contribution < -0.4 is 0 Å². The van der Waals surface area contributed by atoms with Crippen molar-refractivity contribution in [2.75, 3.05) is 12.4 Å². The quantitative estimate of drug-likeness (QED) is 0.596. The van der Waals surface area contributed by atoms with Gasteiger partial charge in [0.25, 0.3) is 0 Å². The maximum atomic E-state index is 13.0. The summed E-state index contributed by atoms with van der Waals surface area (Å²) in [6.45, 7) is 5.84. The van der Waals surface area contributed by atoms with E-state index in [1.54, 1.807) is 18.2 Å². The van der Waals surface area contributed by atoms with E-state index in [9.17, 15) is 13.2 Å². The van der Waals surface area contributed by atoms with Gasteiger partial charge in [-0.05, 0) is 24.1 Å². The van der Waals surface area contributed by atoms with Gasteiger partial charge in [-0.2, -0.15) is 4.31 Å². The Labute approximate surface area is 153 Å². The summed E-state index contributed by atoms with van der Waals surface area (Å²) >= 11 is 5.89. The summed E-state index contributed by atoms with van der Waals surface area (Å²) < 4.78 is 27.2. The molecular formula is C19H20ClNO3S. The van der Waals surface area contributed by atoms with Crippen LogP contribution in [-0.2, 0) is 10.0 Å². The average molecular weight is 378 g/mol. The van der Waals surface area contributed by atoms with Gasteiger partial charge in [0.1, 0.15) is 0 Å². The molecule has 0 saturated carbocycles. The second-order valence-corrected chi connectivity index (χ2v) is 7.61. The molecule has 1 heterocycles. The minimum Gasteiger partial charge on any atom is -0.293 e. The highest BCUT2D eigenvalue weighted by atomic mass is 35.5. The minimum absolute atomic E-state index is 0.0757. The third-order valence-electron chi connectivity index (χ3n) is 3.99. The number of ketones is 1. The van der Waals surface area contributed by atoms with Crippen molar-refractivity contribution < 1.29 is 13.2 Å². The molecule has 0 saturated heterocycles. The van der Waals surface area contributed by atoms with Gasteiger partial charge in [0.2, 0.25) is 10.0 Å². The van der Waals surface area contributed by atoms with Crippen LogP contribution >= 0.6 is 11.6 Å². The predicted molar refractivity (Wildman–Crippen MR) is 100 cm³/mol. The van der Waals surface area contributed by atoms with Crippen LogP contribution in [0.25, 0.3) is 0 Å². The van der Waals surface area contributed by atoms with Gasteiger partial charge in [0, 0.05) is 11.4 Å². The van der Waals surface area contributed by atoms with Crippen LogP contribution in [0, 0.1) is 0 Å². The lowest BCUT2D eigenvalue weighted by atomic mass is 10.0. The summed E-state index contributed by atoms with van der Waals surface area (Å²) in [4.78, 5) is 12.5. The summed E-state index contributed by atoms with van der Waals surface area (Å²) in [6, 6.07) is 15.2. The van der Waals surface area contributed by atoms with E-state index in [0.29, 0.717) is 12.3 Å². The number of hydrogen-bond acceptors (Lipinski definition) is 3. The standard InChI is InChI=1S/C17H16ClNO3S.C2H4/c18-11-10-15(13-6-2-1-3-7-13)19-12-16(20)14-8-4-5-9-17(14)23(19,21)22;1-2/h1-9,15H,10-12H2;1-2H2. The highest BCUT2D eigenvalue weighted by molar-refractivity contribution is 7.89. The molecule has 0 fully saturated rings. The van der Waals surface area contributed by atoms with E-state index in [1.165, 1.54) is 10.4 Å². The first-order valence-corrected chi connectivity index (χ1v) is 9.78. The molecule has 0 aromatic heterocycles. The minimum atomic E-state index is -3.73. The number of carbonyl (C=O) groups excluding carboxylic acids is 1. The Balaban J connectivity index is 0.00000109. The Bertz CT molecular complexity index is 837. The fraction of sp³-hybridized carbons (Fsp3) is 0.211. The van der Waals surface area contributed by atoms with Gasteiger partial charge in [0.05, 0.1) is 17.5 Å². The van der Waals surface area contributed by atoms with E-state index in [4.69, 9.17) is 11.6 Å². The molecule has 0 radical (unpaired) electrons. The molecule has 6 heteroatoms. The number of carbonyl (C=O) groups is 1. The molecule has 0 aliphatic carbocycles. The molecule has 0 amide bonds. The lowest BCUT2D eigenvalue weighted by molar-refractivity contribution is 0.0939. The first-order valence-electron chi connectivity index (χ1n) is 7.80. The average Bonchev–Trinajstić information content (AvgIpc) is 2.66. The molecule has 0 bridgehead atoms. The van der Waals surface area contributed by atoms with Crippen molar-refractivity contribution in [1.82, 2.24) is 4.31 Å². The smallest absolute Gasteiger partial charge is 0.244 e. The highest BCUT2D eigenvalue weighted by Crippen LogP contribution is 2.35. The van der Waals surface area contributed by atoms with Crippen molar-refractivity contribution in [3.63, 3.8) is 0 Å². The Hall–Kier alpha value is -1.95. The first kappa shape index (κ1) is 19.4. The molecule has 3 rings (SSSR count). The third kappa shape index (κ3) is 3.84. The van der Waals surface area contributed by atoms with E-state index in [0.717, 1.165) is 5.56 Å². The fourth-order valence-electron chi connectivity index (χ4n) is 2.89. The molecule has 0 spiro atoms.